The summed E-state index contributed by atoms with van der Waals surface area (Å²) in [5.41, 5.74) is 2.45. The van der Waals surface area contributed by atoms with E-state index in [1.807, 2.05) is 36.3 Å². The molecule has 1 N–H and O–H groups in total. The van der Waals surface area contributed by atoms with Crippen LogP contribution in [0.1, 0.15) is 23.7 Å². The van der Waals surface area contributed by atoms with Crippen LogP contribution in [0.15, 0.2) is 36.8 Å². The Morgan fingerprint density at radius 3 is 3.17 bits per heavy atom. The second kappa shape index (κ2) is 4.82. The molecule has 18 heavy (non-hydrogen) atoms. The first kappa shape index (κ1) is 11.3. The quantitative estimate of drug-likeness (QED) is 0.896. The van der Waals surface area contributed by atoms with Crippen LogP contribution in [0.2, 0.25) is 0 Å². The smallest absolute Gasteiger partial charge is 0.124 e. The lowest BCUT2D eigenvalue weighted by molar-refractivity contribution is 0.251. The lowest BCUT2D eigenvalue weighted by atomic mass is 10.0. The first-order chi connectivity index (χ1) is 8.84. The van der Waals surface area contributed by atoms with Crippen LogP contribution in [-0.2, 0) is 13.6 Å². The number of hydrogen-bond donors (Lipinski definition) is 1. The van der Waals surface area contributed by atoms with E-state index in [0.29, 0.717) is 6.04 Å². The maximum Gasteiger partial charge on any atom is 0.124 e. The molecule has 0 amide bonds. The van der Waals surface area contributed by atoms with Gasteiger partial charge in [-0.25, -0.2) is 4.98 Å². The van der Waals surface area contributed by atoms with Crippen LogP contribution in [0.25, 0.3) is 0 Å². The largest absolute Gasteiger partial charge is 0.493 e. The molecule has 1 aromatic heterocycles. The van der Waals surface area contributed by atoms with Gasteiger partial charge >= 0.3 is 0 Å². The average Bonchev–Trinajstić information content (AvgIpc) is 2.82. The van der Waals surface area contributed by atoms with Crippen molar-refractivity contribution < 1.29 is 4.74 Å². The third kappa shape index (κ3) is 2.11. The van der Waals surface area contributed by atoms with E-state index in [1.165, 1.54) is 11.3 Å². The van der Waals surface area contributed by atoms with Crippen molar-refractivity contribution in [1.29, 1.82) is 0 Å². The van der Waals surface area contributed by atoms with Crippen molar-refractivity contribution in [3.05, 3.63) is 48.0 Å². The van der Waals surface area contributed by atoms with Crippen molar-refractivity contribution in [3.8, 4) is 5.75 Å². The van der Waals surface area contributed by atoms with Gasteiger partial charge in [0.25, 0.3) is 0 Å². The van der Waals surface area contributed by atoms with Crippen molar-refractivity contribution in [2.45, 2.75) is 19.0 Å². The maximum atomic E-state index is 5.66. The SMILES string of the molecule is Cn1cncc1CNC1CCOc2ccccc21. The Morgan fingerprint density at radius 1 is 1.44 bits per heavy atom. The highest BCUT2D eigenvalue weighted by Gasteiger charge is 2.20. The van der Waals surface area contributed by atoms with Crippen LogP contribution < -0.4 is 10.1 Å². The molecule has 2 aromatic rings. The van der Waals surface area contributed by atoms with E-state index in [1.54, 1.807) is 0 Å². The number of aryl methyl sites for hydroxylation is 1. The van der Waals surface area contributed by atoms with Crippen LogP contribution in [0.4, 0.5) is 0 Å². The molecule has 0 radical (unpaired) electrons. The third-order valence-electron chi connectivity index (χ3n) is 3.40. The minimum absolute atomic E-state index is 0.366. The first-order valence-electron chi connectivity index (χ1n) is 6.25. The van der Waals surface area contributed by atoms with Crippen molar-refractivity contribution in [3.63, 3.8) is 0 Å². The van der Waals surface area contributed by atoms with E-state index in [4.69, 9.17) is 4.74 Å². The highest BCUT2D eigenvalue weighted by Crippen LogP contribution is 2.31. The fraction of sp³-hybridized carbons (Fsp3) is 0.357. The van der Waals surface area contributed by atoms with Crippen LogP contribution in [0.5, 0.6) is 5.75 Å². The zero-order valence-electron chi connectivity index (χ0n) is 10.5. The number of nitrogens with zero attached hydrogens (tertiary/aromatic N) is 2. The fourth-order valence-corrected chi connectivity index (χ4v) is 2.34. The lowest BCUT2D eigenvalue weighted by Gasteiger charge is -2.26. The second-order valence-electron chi connectivity index (χ2n) is 4.60. The number of ether oxygens (including phenoxy) is 1. The zero-order chi connectivity index (χ0) is 12.4. The molecule has 1 atom stereocenters. The summed E-state index contributed by atoms with van der Waals surface area (Å²) in [4.78, 5) is 4.13. The number of rotatable bonds is 3. The number of hydrogen-bond acceptors (Lipinski definition) is 3. The standard InChI is InChI=1S/C14H17N3O/c1-17-10-15-8-11(17)9-16-13-6-7-18-14-5-3-2-4-12(13)14/h2-5,8,10,13,16H,6-7,9H2,1H3. The third-order valence-corrected chi connectivity index (χ3v) is 3.40. The summed E-state index contributed by atoms with van der Waals surface area (Å²) >= 11 is 0. The predicted octanol–water partition coefficient (Wildman–Crippen LogP) is 2.03. The van der Waals surface area contributed by atoms with E-state index in [-0.39, 0.29) is 0 Å². The fourth-order valence-electron chi connectivity index (χ4n) is 2.34. The van der Waals surface area contributed by atoms with Gasteiger partial charge in [0.2, 0.25) is 0 Å². The van der Waals surface area contributed by atoms with Crippen molar-refractivity contribution >= 4 is 0 Å². The summed E-state index contributed by atoms with van der Waals surface area (Å²) < 4.78 is 7.70. The normalized spacial score (nSPS) is 18.2. The summed E-state index contributed by atoms with van der Waals surface area (Å²) in [6, 6.07) is 8.61. The summed E-state index contributed by atoms with van der Waals surface area (Å²) in [6.07, 6.45) is 4.74. The highest BCUT2D eigenvalue weighted by molar-refractivity contribution is 5.37. The Balaban J connectivity index is 1.73. The molecule has 1 aliphatic heterocycles. The molecule has 94 valence electrons. The van der Waals surface area contributed by atoms with E-state index in [9.17, 15) is 0 Å². The van der Waals surface area contributed by atoms with Gasteiger partial charge in [0.05, 0.1) is 18.6 Å². The van der Waals surface area contributed by atoms with Crippen LogP contribution in [-0.4, -0.2) is 16.2 Å². The lowest BCUT2D eigenvalue weighted by Crippen LogP contribution is -2.27. The molecule has 1 aromatic carbocycles. The molecule has 1 unspecified atom stereocenters. The number of fused-ring (bicyclic) bond motifs is 1. The average molecular weight is 243 g/mol. The van der Waals surface area contributed by atoms with Gasteiger partial charge < -0.3 is 14.6 Å². The number of nitrogens with one attached hydrogen (secondary N) is 1. The molecular formula is C14H17N3O. The second-order valence-corrected chi connectivity index (χ2v) is 4.60. The van der Waals surface area contributed by atoms with E-state index in [0.717, 1.165) is 25.3 Å². The molecule has 4 nitrogen and oxygen atoms in total. The zero-order valence-corrected chi connectivity index (χ0v) is 10.5. The monoisotopic (exact) mass is 243 g/mol. The molecule has 0 bridgehead atoms. The Labute approximate surface area is 107 Å². The number of benzene rings is 1. The summed E-state index contributed by atoms with van der Waals surface area (Å²) in [5, 5.41) is 3.58. The molecule has 0 fully saturated rings. The van der Waals surface area contributed by atoms with Crippen molar-refractivity contribution in [2.24, 2.45) is 7.05 Å². The Morgan fingerprint density at radius 2 is 2.33 bits per heavy atom. The van der Waals surface area contributed by atoms with Gasteiger partial charge in [-0.05, 0) is 6.07 Å². The van der Waals surface area contributed by atoms with Crippen LogP contribution in [0, 0.1) is 0 Å². The Kier molecular flexibility index (Phi) is 3.02. The molecule has 3 rings (SSSR count). The summed E-state index contributed by atoms with van der Waals surface area (Å²) in [6.45, 7) is 1.61. The molecule has 0 saturated carbocycles. The molecule has 0 aliphatic carbocycles. The van der Waals surface area contributed by atoms with Gasteiger partial charge in [0, 0.05) is 37.8 Å². The van der Waals surface area contributed by atoms with E-state index >= 15 is 0 Å². The van der Waals surface area contributed by atoms with Gasteiger partial charge in [-0.15, -0.1) is 0 Å². The van der Waals surface area contributed by atoms with Crippen LogP contribution in [0.3, 0.4) is 0 Å². The van der Waals surface area contributed by atoms with Gasteiger partial charge in [0.15, 0.2) is 0 Å². The van der Waals surface area contributed by atoms with Crippen molar-refractivity contribution in [2.75, 3.05) is 6.61 Å². The van der Waals surface area contributed by atoms with Gasteiger partial charge in [-0.3, -0.25) is 0 Å². The topological polar surface area (TPSA) is 39.1 Å². The summed E-state index contributed by atoms with van der Waals surface area (Å²) in [5.74, 6) is 1.01. The predicted molar refractivity (Wildman–Crippen MR) is 69.3 cm³/mol. The first-order valence-corrected chi connectivity index (χ1v) is 6.25. The molecule has 0 saturated heterocycles. The molecule has 2 heterocycles. The van der Waals surface area contributed by atoms with Crippen LogP contribution >= 0.6 is 0 Å². The highest BCUT2D eigenvalue weighted by atomic mass is 16.5. The van der Waals surface area contributed by atoms with Gasteiger partial charge in [-0.2, -0.15) is 0 Å². The minimum atomic E-state index is 0.366. The molecule has 1 aliphatic rings. The maximum absolute atomic E-state index is 5.66. The molecule has 0 spiro atoms. The van der Waals surface area contributed by atoms with E-state index < -0.39 is 0 Å². The summed E-state index contributed by atoms with van der Waals surface area (Å²) in [7, 11) is 2.02. The van der Waals surface area contributed by atoms with Gasteiger partial charge in [0.1, 0.15) is 5.75 Å². The van der Waals surface area contributed by atoms with E-state index in [2.05, 4.69) is 22.4 Å². The minimum Gasteiger partial charge on any atom is -0.493 e. The Bertz CT molecular complexity index is 535. The van der Waals surface area contributed by atoms with Crippen molar-refractivity contribution in [1.82, 2.24) is 14.9 Å². The van der Waals surface area contributed by atoms with Gasteiger partial charge in [-0.1, -0.05) is 18.2 Å². The number of imidazole rings is 1. The Hall–Kier alpha value is -1.81. The number of para-hydroxylation sites is 1. The molecule has 4 heteroatoms. The number of aromatic nitrogens is 2. The molecular weight excluding hydrogens is 226 g/mol.